The fraction of sp³-hybridized carbons (Fsp3) is 0.133. The molecule has 0 bridgehead atoms. The van der Waals surface area contributed by atoms with Crippen LogP contribution in [-0.4, -0.2) is 15.2 Å². The Morgan fingerprint density at radius 2 is 2.14 bits per heavy atom. The second kappa shape index (κ2) is 6.57. The topological polar surface area (TPSA) is 65.4 Å². The first kappa shape index (κ1) is 13.9. The number of hydrogen-bond donors (Lipinski definition) is 1. The molecule has 3 rings (SSSR count). The molecule has 0 amide bonds. The van der Waals surface area contributed by atoms with E-state index >= 15 is 0 Å². The Labute approximate surface area is 130 Å². The van der Waals surface area contributed by atoms with Crippen molar-refractivity contribution in [3.63, 3.8) is 0 Å². The van der Waals surface area contributed by atoms with Crippen LogP contribution in [0.25, 0.3) is 0 Å². The molecule has 0 unspecified atom stereocenters. The molecule has 0 saturated carbocycles. The molecule has 1 aromatic carbocycles. The average molecular weight is 312 g/mol. The van der Waals surface area contributed by atoms with Crippen LogP contribution < -0.4 is 0 Å². The van der Waals surface area contributed by atoms with Crippen LogP contribution in [0.1, 0.15) is 21.8 Å². The summed E-state index contributed by atoms with van der Waals surface area (Å²) in [4.78, 5) is 5.74. The monoisotopic (exact) mass is 312 g/mol. The first-order valence-corrected chi connectivity index (χ1v) is 8.26. The summed E-state index contributed by atoms with van der Waals surface area (Å²) in [5, 5.41) is 19.0. The lowest BCUT2D eigenvalue weighted by atomic mass is 10.1. The van der Waals surface area contributed by atoms with E-state index in [1.54, 1.807) is 11.3 Å². The van der Waals surface area contributed by atoms with Gasteiger partial charge >= 0.3 is 0 Å². The second-order valence-corrected chi connectivity index (χ2v) is 6.35. The number of nitriles is 1. The van der Waals surface area contributed by atoms with Gasteiger partial charge in [-0.25, -0.2) is 4.98 Å². The number of thioether (sulfide) groups is 1. The van der Waals surface area contributed by atoms with Crippen LogP contribution in [0.2, 0.25) is 0 Å². The van der Waals surface area contributed by atoms with Gasteiger partial charge in [0.1, 0.15) is 5.82 Å². The van der Waals surface area contributed by atoms with Gasteiger partial charge in [-0.3, -0.25) is 5.10 Å². The number of rotatable bonds is 5. The molecule has 0 atom stereocenters. The number of aromatic nitrogens is 3. The molecule has 0 saturated heterocycles. The average Bonchev–Trinajstić information content (AvgIpc) is 3.18. The van der Waals surface area contributed by atoms with Crippen molar-refractivity contribution in [1.82, 2.24) is 15.2 Å². The van der Waals surface area contributed by atoms with E-state index in [9.17, 15) is 0 Å². The molecule has 6 heteroatoms. The van der Waals surface area contributed by atoms with Crippen molar-refractivity contribution in [3.05, 3.63) is 63.6 Å². The predicted octanol–water partition coefficient (Wildman–Crippen LogP) is 3.62. The third-order valence-corrected chi connectivity index (χ3v) is 4.70. The van der Waals surface area contributed by atoms with Crippen LogP contribution >= 0.6 is 23.1 Å². The third kappa shape index (κ3) is 3.51. The van der Waals surface area contributed by atoms with Gasteiger partial charge in [-0.05, 0) is 23.1 Å². The molecule has 0 radical (unpaired) electrons. The maximum atomic E-state index is 9.07. The van der Waals surface area contributed by atoms with E-state index < -0.39 is 0 Å². The van der Waals surface area contributed by atoms with Gasteiger partial charge in [0, 0.05) is 17.1 Å². The van der Waals surface area contributed by atoms with Crippen molar-refractivity contribution >= 4 is 23.1 Å². The molecule has 1 N–H and O–H groups in total. The normalized spacial score (nSPS) is 10.4. The number of nitrogens with one attached hydrogen (secondary N) is 1. The summed E-state index contributed by atoms with van der Waals surface area (Å²) in [5.74, 6) is 1.56. The van der Waals surface area contributed by atoms with Gasteiger partial charge in [0.25, 0.3) is 0 Å². The molecule has 2 aromatic heterocycles. The Morgan fingerprint density at radius 1 is 1.24 bits per heavy atom. The number of benzene rings is 1. The van der Waals surface area contributed by atoms with Crippen molar-refractivity contribution in [3.8, 4) is 6.07 Å². The number of hydrogen-bond acceptors (Lipinski definition) is 5. The minimum atomic E-state index is 0.694. The molecule has 0 spiro atoms. The minimum absolute atomic E-state index is 0.694. The first-order valence-electron chi connectivity index (χ1n) is 6.39. The van der Waals surface area contributed by atoms with Crippen molar-refractivity contribution in [2.75, 3.05) is 0 Å². The Hall–Kier alpha value is -2.10. The molecule has 104 valence electrons. The lowest BCUT2D eigenvalue weighted by molar-refractivity contribution is 0.960. The zero-order valence-electron chi connectivity index (χ0n) is 11.1. The molecule has 0 aliphatic rings. The van der Waals surface area contributed by atoms with Crippen LogP contribution in [0, 0.1) is 11.3 Å². The van der Waals surface area contributed by atoms with Gasteiger partial charge in [-0.2, -0.15) is 5.26 Å². The van der Waals surface area contributed by atoms with E-state index in [0.29, 0.717) is 16.5 Å². The molecule has 0 aliphatic carbocycles. The highest BCUT2D eigenvalue weighted by atomic mass is 32.2. The third-order valence-electron chi connectivity index (χ3n) is 2.93. The standard InChI is InChI=1S/C15H12N4S2/c16-9-11-4-1-2-5-12(11)10-21-15-17-14(18-19-15)8-13-6-3-7-20-13/h1-7H,8,10H2,(H,17,18,19). The molecule has 2 heterocycles. The first-order chi connectivity index (χ1) is 10.3. The SMILES string of the molecule is N#Cc1ccccc1CSc1n[nH]c(Cc2cccs2)n1. The van der Waals surface area contributed by atoms with Crippen LogP contribution in [-0.2, 0) is 12.2 Å². The van der Waals surface area contributed by atoms with Gasteiger partial charge in [-0.1, -0.05) is 36.0 Å². The van der Waals surface area contributed by atoms with Crippen LogP contribution in [0.5, 0.6) is 0 Å². The van der Waals surface area contributed by atoms with Gasteiger partial charge in [0.15, 0.2) is 0 Å². The Bertz CT molecular complexity index is 756. The highest BCUT2D eigenvalue weighted by molar-refractivity contribution is 7.98. The highest BCUT2D eigenvalue weighted by Crippen LogP contribution is 2.22. The lowest BCUT2D eigenvalue weighted by Crippen LogP contribution is -1.88. The number of H-pyrrole nitrogens is 1. The van der Waals surface area contributed by atoms with Crippen LogP contribution in [0.3, 0.4) is 0 Å². The zero-order valence-corrected chi connectivity index (χ0v) is 12.7. The summed E-state index contributed by atoms with van der Waals surface area (Å²) >= 11 is 3.25. The maximum absolute atomic E-state index is 9.07. The number of thiophene rings is 1. The van der Waals surface area contributed by atoms with Crippen molar-refractivity contribution in [1.29, 1.82) is 5.26 Å². The number of aromatic amines is 1. The van der Waals surface area contributed by atoms with Crippen LogP contribution in [0.15, 0.2) is 46.9 Å². The molecule has 4 nitrogen and oxygen atoms in total. The Morgan fingerprint density at radius 3 is 2.95 bits per heavy atom. The fourth-order valence-electron chi connectivity index (χ4n) is 1.90. The van der Waals surface area contributed by atoms with Gasteiger partial charge in [0.05, 0.1) is 11.6 Å². The van der Waals surface area contributed by atoms with Crippen molar-refractivity contribution in [2.24, 2.45) is 0 Å². The summed E-state index contributed by atoms with van der Waals surface area (Å²) in [5.41, 5.74) is 1.72. The highest BCUT2D eigenvalue weighted by Gasteiger charge is 2.07. The number of nitrogens with zero attached hydrogens (tertiary/aromatic N) is 3. The van der Waals surface area contributed by atoms with E-state index in [-0.39, 0.29) is 0 Å². The van der Waals surface area contributed by atoms with Crippen molar-refractivity contribution < 1.29 is 0 Å². The maximum Gasteiger partial charge on any atom is 0.208 e. The van der Waals surface area contributed by atoms with E-state index in [1.807, 2.05) is 30.3 Å². The summed E-state index contributed by atoms with van der Waals surface area (Å²) in [6.07, 6.45) is 0.778. The molecule has 0 aliphatic heterocycles. The Kier molecular flexibility index (Phi) is 4.34. The predicted molar refractivity (Wildman–Crippen MR) is 84.2 cm³/mol. The van der Waals surface area contributed by atoms with E-state index in [1.165, 1.54) is 16.6 Å². The smallest absolute Gasteiger partial charge is 0.208 e. The largest absolute Gasteiger partial charge is 0.262 e. The summed E-state index contributed by atoms with van der Waals surface area (Å²) < 4.78 is 0. The summed E-state index contributed by atoms with van der Waals surface area (Å²) in [6, 6.07) is 13.9. The zero-order chi connectivity index (χ0) is 14.5. The summed E-state index contributed by atoms with van der Waals surface area (Å²) in [6.45, 7) is 0. The molecular weight excluding hydrogens is 300 g/mol. The molecular formula is C15H12N4S2. The van der Waals surface area contributed by atoms with Crippen LogP contribution in [0.4, 0.5) is 0 Å². The Balaban J connectivity index is 1.64. The van der Waals surface area contributed by atoms with Gasteiger partial charge in [-0.15, -0.1) is 16.4 Å². The summed E-state index contributed by atoms with van der Waals surface area (Å²) in [7, 11) is 0. The molecule has 0 fully saturated rings. The van der Waals surface area contributed by atoms with Crippen molar-refractivity contribution in [2.45, 2.75) is 17.3 Å². The fourth-order valence-corrected chi connectivity index (χ4v) is 3.43. The van der Waals surface area contributed by atoms with Gasteiger partial charge in [0.2, 0.25) is 5.16 Å². The van der Waals surface area contributed by atoms with Gasteiger partial charge < -0.3 is 0 Å². The second-order valence-electron chi connectivity index (χ2n) is 4.38. The molecule has 3 aromatic rings. The lowest BCUT2D eigenvalue weighted by Gasteiger charge is -2.00. The quantitative estimate of drug-likeness (QED) is 0.731. The minimum Gasteiger partial charge on any atom is -0.262 e. The molecule has 21 heavy (non-hydrogen) atoms. The van der Waals surface area contributed by atoms with E-state index in [0.717, 1.165) is 17.8 Å². The van der Waals surface area contributed by atoms with E-state index in [4.69, 9.17) is 5.26 Å². The van der Waals surface area contributed by atoms with E-state index in [2.05, 4.69) is 32.7 Å².